The second-order valence-corrected chi connectivity index (χ2v) is 6.72. The van der Waals surface area contributed by atoms with Crippen molar-refractivity contribution in [1.29, 1.82) is 0 Å². The molecule has 0 radical (unpaired) electrons. The fourth-order valence-electron chi connectivity index (χ4n) is 1.38. The van der Waals surface area contributed by atoms with Gasteiger partial charge in [0.15, 0.2) is 0 Å². The summed E-state index contributed by atoms with van der Waals surface area (Å²) >= 11 is 0. The lowest BCUT2D eigenvalue weighted by atomic mass is 10.1. The number of hydrogen-bond acceptors (Lipinski definition) is 4. The van der Waals surface area contributed by atoms with Crippen LogP contribution in [-0.4, -0.2) is 31.7 Å². The summed E-state index contributed by atoms with van der Waals surface area (Å²) in [5.74, 6) is 0.431. The third kappa shape index (κ3) is 8.85. The Morgan fingerprint density at radius 1 is 1.25 bits per heavy atom. The van der Waals surface area contributed by atoms with Gasteiger partial charge in [-0.3, -0.25) is 4.79 Å². The summed E-state index contributed by atoms with van der Waals surface area (Å²) in [6.07, 6.45) is 3.00. The number of carbonyl (C=O) groups excluding carboxylic acids is 1. The van der Waals surface area contributed by atoms with Crippen molar-refractivity contribution in [3.05, 3.63) is 0 Å². The molecule has 2 N–H and O–H groups in total. The minimum Gasteiger partial charge on any atom is -0.328 e. The molecule has 0 heterocycles. The average Bonchev–Trinajstić information content (AvgIpc) is 2.17. The van der Waals surface area contributed by atoms with Crippen LogP contribution in [0.15, 0.2) is 0 Å². The van der Waals surface area contributed by atoms with Gasteiger partial charge in [0, 0.05) is 24.6 Å². The van der Waals surface area contributed by atoms with E-state index in [1.165, 1.54) is 0 Å². The number of nitrogens with two attached hydrogens (primary N) is 1. The highest BCUT2D eigenvalue weighted by atomic mass is 32.2. The van der Waals surface area contributed by atoms with E-state index in [4.69, 9.17) is 5.73 Å². The number of hydrogen-bond donors (Lipinski definition) is 1. The lowest BCUT2D eigenvalue weighted by Crippen LogP contribution is -2.15. The zero-order valence-corrected chi connectivity index (χ0v) is 11.1. The molecule has 0 aliphatic rings. The van der Waals surface area contributed by atoms with Crippen LogP contribution in [0.1, 0.15) is 46.0 Å². The Bertz CT molecular complexity index is 296. The molecule has 96 valence electrons. The monoisotopic (exact) mass is 249 g/mol. The van der Waals surface area contributed by atoms with Gasteiger partial charge in [-0.25, -0.2) is 8.42 Å². The molecule has 0 aromatic rings. The van der Waals surface area contributed by atoms with Gasteiger partial charge in [0.2, 0.25) is 0 Å². The van der Waals surface area contributed by atoms with Crippen LogP contribution in [0.5, 0.6) is 0 Å². The molecule has 0 spiro atoms. The molecule has 5 heteroatoms. The maximum atomic E-state index is 11.4. The standard InChI is InChI=1S/C11H23NO3S/c1-3-16(14,15)9-5-8-11(13)7-4-6-10(2)12/h10H,3-9,12H2,1-2H3. The van der Waals surface area contributed by atoms with E-state index in [0.29, 0.717) is 19.3 Å². The number of ketones is 1. The van der Waals surface area contributed by atoms with Gasteiger partial charge in [-0.2, -0.15) is 0 Å². The molecule has 16 heavy (non-hydrogen) atoms. The van der Waals surface area contributed by atoms with E-state index >= 15 is 0 Å². The smallest absolute Gasteiger partial charge is 0.150 e. The van der Waals surface area contributed by atoms with E-state index < -0.39 is 9.84 Å². The van der Waals surface area contributed by atoms with Crippen molar-refractivity contribution in [3.8, 4) is 0 Å². The molecule has 0 amide bonds. The minimum absolute atomic E-state index is 0.128. The summed E-state index contributed by atoms with van der Waals surface area (Å²) in [5, 5.41) is 0. The van der Waals surface area contributed by atoms with E-state index in [0.717, 1.165) is 12.8 Å². The molecule has 0 saturated carbocycles. The van der Waals surface area contributed by atoms with Crippen molar-refractivity contribution < 1.29 is 13.2 Å². The van der Waals surface area contributed by atoms with Crippen molar-refractivity contribution in [2.24, 2.45) is 5.73 Å². The van der Waals surface area contributed by atoms with Crippen LogP contribution in [-0.2, 0) is 14.6 Å². The van der Waals surface area contributed by atoms with Crippen molar-refractivity contribution in [2.45, 2.75) is 52.0 Å². The van der Waals surface area contributed by atoms with E-state index in [1.807, 2.05) is 6.92 Å². The molecule has 0 bridgehead atoms. The van der Waals surface area contributed by atoms with Gasteiger partial charge < -0.3 is 5.73 Å². The quantitative estimate of drug-likeness (QED) is 0.668. The summed E-state index contributed by atoms with van der Waals surface area (Å²) in [5.41, 5.74) is 5.56. The highest BCUT2D eigenvalue weighted by Gasteiger charge is 2.09. The zero-order valence-electron chi connectivity index (χ0n) is 10.2. The molecule has 0 rings (SSSR count). The van der Waals surface area contributed by atoms with Crippen LogP contribution < -0.4 is 5.73 Å². The fourth-order valence-corrected chi connectivity index (χ4v) is 2.25. The van der Waals surface area contributed by atoms with E-state index in [9.17, 15) is 13.2 Å². The normalized spacial score (nSPS) is 13.7. The summed E-state index contributed by atoms with van der Waals surface area (Å²) in [4.78, 5) is 11.4. The van der Waals surface area contributed by atoms with Crippen molar-refractivity contribution in [3.63, 3.8) is 0 Å². The summed E-state index contributed by atoms with van der Waals surface area (Å²) < 4.78 is 22.3. The van der Waals surface area contributed by atoms with Crippen LogP contribution in [0.4, 0.5) is 0 Å². The van der Waals surface area contributed by atoms with Gasteiger partial charge in [0.1, 0.15) is 15.6 Å². The van der Waals surface area contributed by atoms with Gasteiger partial charge in [-0.15, -0.1) is 0 Å². The van der Waals surface area contributed by atoms with Crippen LogP contribution in [0.3, 0.4) is 0 Å². The van der Waals surface area contributed by atoms with Crippen molar-refractivity contribution in [1.82, 2.24) is 0 Å². The van der Waals surface area contributed by atoms with E-state index in [1.54, 1.807) is 6.92 Å². The Morgan fingerprint density at radius 3 is 2.31 bits per heavy atom. The highest BCUT2D eigenvalue weighted by molar-refractivity contribution is 7.91. The predicted molar refractivity (Wildman–Crippen MR) is 66.1 cm³/mol. The molecule has 0 aliphatic heterocycles. The van der Waals surface area contributed by atoms with Crippen LogP contribution >= 0.6 is 0 Å². The molecule has 4 nitrogen and oxygen atoms in total. The number of Topliss-reactive ketones (excluding diaryl/α,β-unsaturated/α-hetero) is 1. The maximum absolute atomic E-state index is 11.4. The maximum Gasteiger partial charge on any atom is 0.150 e. The molecular formula is C11H23NO3S. The number of sulfone groups is 1. The van der Waals surface area contributed by atoms with Gasteiger partial charge in [0.25, 0.3) is 0 Å². The summed E-state index contributed by atoms with van der Waals surface area (Å²) in [6, 6.07) is 0.133. The Labute approximate surface area is 98.5 Å². The van der Waals surface area contributed by atoms with Gasteiger partial charge in [-0.05, 0) is 26.2 Å². The fraction of sp³-hybridized carbons (Fsp3) is 0.909. The first-order valence-electron chi connectivity index (χ1n) is 5.85. The van der Waals surface area contributed by atoms with Crippen molar-refractivity contribution >= 4 is 15.6 Å². The highest BCUT2D eigenvalue weighted by Crippen LogP contribution is 2.05. The first-order chi connectivity index (χ1) is 7.37. The Hall–Kier alpha value is -0.420. The second kappa shape index (κ2) is 7.79. The second-order valence-electron chi connectivity index (χ2n) is 4.25. The molecule has 1 unspecified atom stereocenters. The molecule has 0 aromatic carbocycles. The molecule has 1 atom stereocenters. The molecule has 0 saturated heterocycles. The number of carbonyl (C=O) groups is 1. The van der Waals surface area contributed by atoms with Crippen LogP contribution in [0.25, 0.3) is 0 Å². The third-order valence-corrected chi connectivity index (χ3v) is 4.26. The van der Waals surface area contributed by atoms with Crippen LogP contribution in [0.2, 0.25) is 0 Å². The average molecular weight is 249 g/mol. The lowest BCUT2D eigenvalue weighted by molar-refractivity contribution is -0.119. The summed E-state index contributed by atoms with van der Waals surface area (Å²) in [6.45, 7) is 3.54. The topological polar surface area (TPSA) is 77.2 Å². The molecular weight excluding hydrogens is 226 g/mol. The molecule has 0 aromatic heterocycles. The van der Waals surface area contributed by atoms with E-state index in [2.05, 4.69) is 0 Å². The van der Waals surface area contributed by atoms with Gasteiger partial charge in [-0.1, -0.05) is 6.92 Å². The summed E-state index contributed by atoms with van der Waals surface area (Å²) in [7, 11) is -2.92. The Kier molecular flexibility index (Phi) is 7.58. The lowest BCUT2D eigenvalue weighted by Gasteiger charge is -2.04. The third-order valence-electron chi connectivity index (χ3n) is 2.47. The Morgan fingerprint density at radius 2 is 1.81 bits per heavy atom. The predicted octanol–water partition coefficient (Wildman–Crippen LogP) is 1.29. The van der Waals surface area contributed by atoms with Crippen LogP contribution in [0, 0.1) is 0 Å². The Balaban J connectivity index is 3.59. The minimum atomic E-state index is -2.92. The SMILES string of the molecule is CCS(=O)(=O)CCCC(=O)CCCC(C)N. The molecule has 0 aliphatic carbocycles. The first kappa shape index (κ1) is 15.6. The van der Waals surface area contributed by atoms with Gasteiger partial charge in [0.05, 0.1) is 5.75 Å². The molecule has 0 fully saturated rings. The van der Waals surface area contributed by atoms with Crippen molar-refractivity contribution in [2.75, 3.05) is 11.5 Å². The largest absolute Gasteiger partial charge is 0.328 e. The zero-order chi connectivity index (χ0) is 12.6. The number of rotatable bonds is 9. The van der Waals surface area contributed by atoms with E-state index in [-0.39, 0.29) is 23.3 Å². The first-order valence-corrected chi connectivity index (χ1v) is 7.67. The van der Waals surface area contributed by atoms with Gasteiger partial charge >= 0.3 is 0 Å².